The minimum atomic E-state index is -4.00. The number of benzene rings is 3. The van der Waals surface area contributed by atoms with Crippen molar-refractivity contribution in [2.24, 2.45) is 0 Å². The molecule has 0 fully saturated rings. The molecule has 7 nitrogen and oxygen atoms in total. The minimum absolute atomic E-state index is 0.102. The van der Waals surface area contributed by atoms with Gasteiger partial charge in [0.1, 0.15) is 5.82 Å². The molecule has 1 amide bonds. The highest BCUT2D eigenvalue weighted by molar-refractivity contribution is 7.92. The van der Waals surface area contributed by atoms with Crippen molar-refractivity contribution in [2.45, 2.75) is 11.8 Å². The maximum Gasteiger partial charge on any atom is 0.338 e. The van der Waals surface area contributed by atoms with Gasteiger partial charge in [0, 0.05) is 16.9 Å². The van der Waals surface area contributed by atoms with Crippen LogP contribution in [0.3, 0.4) is 0 Å². The minimum Gasteiger partial charge on any atom is -0.465 e. The van der Waals surface area contributed by atoms with Crippen LogP contribution >= 0.6 is 0 Å². The van der Waals surface area contributed by atoms with Gasteiger partial charge in [0.25, 0.3) is 15.9 Å². The van der Waals surface area contributed by atoms with Gasteiger partial charge in [-0.25, -0.2) is 17.6 Å². The van der Waals surface area contributed by atoms with E-state index in [0.717, 1.165) is 12.1 Å². The molecule has 0 bridgehead atoms. The Hall–Kier alpha value is -3.72. The van der Waals surface area contributed by atoms with E-state index in [-0.39, 0.29) is 16.1 Å². The maximum absolute atomic E-state index is 13.0. The molecule has 31 heavy (non-hydrogen) atoms. The smallest absolute Gasteiger partial charge is 0.338 e. The Morgan fingerprint density at radius 3 is 2.32 bits per heavy atom. The number of esters is 1. The lowest BCUT2D eigenvalue weighted by Crippen LogP contribution is -2.17. The number of hydrogen-bond donors (Lipinski definition) is 2. The first kappa shape index (κ1) is 22.0. The first-order valence-electron chi connectivity index (χ1n) is 9.09. The second kappa shape index (κ2) is 8.97. The van der Waals surface area contributed by atoms with Crippen LogP contribution in [0.1, 0.15) is 26.3 Å². The lowest BCUT2D eigenvalue weighted by Gasteiger charge is -2.12. The van der Waals surface area contributed by atoms with Crippen molar-refractivity contribution < 1.29 is 27.1 Å². The summed E-state index contributed by atoms with van der Waals surface area (Å²) in [6, 6.07) is 15.1. The van der Waals surface area contributed by atoms with E-state index in [0.29, 0.717) is 16.8 Å². The predicted octanol–water partition coefficient (Wildman–Crippen LogP) is 3.97. The van der Waals surface area contributed by atoms with Crippen molar-refractivity contribution in [2.75, 3.05) is 17.1 Å². The molecule has 0 radical (unpaired) electrons. The molecule has 0 heterocycles. The normalized spacial score (nSPS) is 10.9. The van der Waals surface area contributed by atoms with Gasteiger partial charge in [0.2, 0.25) is 0 Å². The van der Waals surface area contributed by atoms with E-state index in [1.54, 1.807) is 25.1 Å². The van der Waals surface area contributed by atoms with Gasteiger partial charge >= 0.3 is 5.97 Å². The number of methoxy groups -OCH3 is 1. The molecule has 2 N–H and O–H groups in total. The Morgan fingerprint density at radius 1 is 0.968 bits per heavy atom. The molecule has 160 valence electrons. The second-order valence-corrected chi connectivity index (χ2v) is 8.25. The zero-order chi connectivity index (χ0) is 22.6. The Balaban J connectivity index is 1.84. The number of nitrogens with one attached hydrogen (secondary N) is 2. The molecular weight excluding hydrogens is 423 g/mol. The van der Waals surface area contributed by atoms with Crippen LogP contribution in [0.4, 0.5) is 15.8 Å². The van der Waals surface area contributed by atoms with Crippen LogP contribution in [0.2, 0.25) is 0 Å². The molecule has 3 aromatic rings. The average Bonchev–Trinajstić information content (AvgIpc) is 2.76. The van der Waals surface area contributed by atoms with Crippen LogP contribution in [0, 0.1) is 12.7 Å². The Kier molecular flexibility index (Phi) is 6.36. The summed E-state index contributed by atoms with van der Waals surface area (Å²) in [5.74, 6) is -1.58. The lowest BCUT2D eigenvalue weighted by molar-refractivity contribution is 0.0599. The van der Waals surface area contributed by atoms with Crippen LogP contribution in [0.25, 0.3) is 0 Å². The monoisotopic (exact) mass is 442 g/mol. The van der Waals surface area contributed by atoms with Gasteiger partial charge in [0.05, 0.1) is 17.6 Å². The quantitative estimate of drug-likeness (QED) is 0.563. The fourth-order valence-electron chi connectivity index (χ4n) is 2.83. The SMILES string of the molecule is COC(=O)c1cccc(NC(=O)c2cccc(S(=O)(=O)Nc3ccc(F)cc3)c2)c1C. The first-order valence-corrected chi connectivity index (χ1v) is 10.6. The fourth-order valence-corrected chi connectivity index (χ4v) is 3.94. The first-order chi connectivity index (χ1) is 14.7. The highest BCUT2D eigenvalue weighted by Gasteiger charge is 2.18. The van der Waals surface area contributed by atoms with Gasteiger partial charge in [-0.1, -0.05) is 12.1 Å². The van der Waals surface area contributed by atoms with Gasteiger partial charge in [-0.2, -0.15) is 0 Å². The van der Waals surface area contributed by atoms with Crippen LogP contribution in [0.5, 0.6) is 0 Å². The van der Waals surface area contributed by atoms with E-state index >= 15 is 0 Å². The number of amides is 1. The summed E-state index contributed by atoms with van der Waals surface area (Å²) in [5.41, 5.74) is 1.51. The molecule has 0 aromatic heterocycles. The second-order valence-electron chi connectivity index (χ2n) is 6.56. The van der Waals surface area contributed by atoms with Crippen molar-refractivity contribution in [3.8, 4) is 0 Å². The van der Waals surface area contributed by atoms with Gasteiger partial charge in [-0.15, -0.1) is 0 Å². The third kappa shape index (κ3) is 5.07. The predicted molar refractivity (Wildman–Crippen MR) is 114 cm³/mol. The van der Waals surface area contributed by atoms with Crippen molar-refractivity contribution in [3.05, 3.63) is 89.2 Å². The van der Waals surface area contributed by atoms with Crippen LogP contribution in [-0.2, 0) is 14.8 Å². The maximum atomic E-state index is 13.0. The van der Waals surface area contributed by atoms with Crippen LogP contribution in [-0.4, -0.2) is 27.4 Å². The number of carbonyl (C=O) groups is 2. The van der Waals surface area contributed by atoms with Gasteiger partial charge in [-0.3, -0.25) is 9.52 Å². The summed E-state index contributed by atoms with van der Waals surface area (Å²) >= 11 is 0. The molecule has 0 saturated heterocycles. The number of rotatable bonds is 6. The largest absolute Gasteiger partial charge is 0.465 e. The summed E-state index contributed by atoms with van der Waals surface area (Å²) in [6.45, 7) is 1.66. The summed E-state index contributed by atoms with van der Waals surface area (Å²) in [4.78, 5) is 24.4. The van der Waals surface area contributed by atoms with Crippen molar-refractivity contribution >= 4 is 33.3 Å². The molecular formula is C22H19FN2O5S. The van der Waals surface area contributed by atoms with Crippen LogP contribution < -0.4 is 10.0 Å². The molecule has 9 heteroatoms. The molecule has 0 aliphatic rings. The van der Waals surface area contributed by atoms with Gasteiger partial charge in [0.15, 0.2) is 0 Å². The number of ether oxygens (including phenoxy) is 1. The van der Waals surface area contributed by atoms with Crippen molar-refractivity contribution in [1.82, 2.24) is 0 Å². The van der Waals surface area contributed by atoms with Crippen LogP contribution in [0.15, 0.2) is 71.6 Å². The molecule has 3 aromatic carbocycles. The number of halogens is 1. The molecule has 0 atom stereocenters. The average molecular weight is 442 g/mol. The Labute approximate surface area is 178 Å². The number of hydrogen-bond acceptors (Lipinski definition) is 5. The zero-order valence-electron chi connectivity index (χ0n) is 16.7. The number of anilines is 2. The molecule has 0 aliphatic carbocycles. The summed E-state index contributed by atoms with van der Waals surface area (Å²) in [5, 5.41) is 2.68. The summed E-state index contributed by atoms with van der Waals surface area (Å²) < 4.78 is 45.4. The van der Waals surface area contributed by atoms with Gasteiger partial charge in [-0.05, 0) is 67.1 Å². The summed E-state index contributed by atoms with van der Waals surface area (Å²) in [7, 11) is -2.74. The van der Waals surface area contributed by atoms with E-state index in [1.807, 2.05) is 0 Å². The topological polar surface area (TPSA) is 102 Å². The van der Waals surface area contributed by atoms with Gasteiger partial charge < -0.3 is 10.1 Å². The van der Waals surface area contributed by atoms with E-state index in [2.05, 4.69) is 10.0 Å². The zero-order valence-corrected chi connectivity index (χ0v) is 17.5. The highest BCUT2D eigenvalue weighted by Crippen LogP contribution is 2.22. The third-order valence-electron chi connectivity index (χ3n) is 4.49. The van der Waals surface area contributed by atoms with E-state index in [4.69, 9.17) is 4.74 Å². The Morgan fingerprint density at radius 2 is 1.65 bits per heavy atom. The van der Waals surface area contributed by atoms with E-state index in [1.165, 1.54) is 43.5 Å². The van der Waals surface area contributed by atoms with E-state index < -0.39 is 27.7 Å². The number of sulfonamides is 1. The summed E-state index contributed by atoms with van der Waals surface area (Å²) in [6.07, 6.45) is 0. The fraction of sp³-hybridized carbons (Fsp3) is 0.0909. The molecule has 3 rings (SSSR count). The standard InChI is InChI=1S/C22H19FN2O5S/c1-14-19(22(27)30-2)7-4-8-20(14)24-21(26)15-5-3-6-18(13-15)31(28,29)25-17-11-9-16(23)10-12-17/h3-13,25H,1-2H3,(H,24,26). The molecule has 0 unspecified atom stereocenters. The lowest BCUT2D eigenvalue weighted by atomic mass is 10.1. The third-order valence-corrected chi connectivity index (χ3v) is 5.87. The van der Waals surface area contributed by atoms with Crippen molar-refractivity contribution in [3.63, 3.8) is 0 Å². The van der Waals surface area contributed by atoms with E-state index in [9.17, 15) is 22.4 Å². The molecule has 0 spiro atoms. The van der Waals surface area contributed by atoms with Crippen molar-refractivity contribution in [1.29, 1.82) is 0 Å². The molecule has 0 saturated carbocycles. The Bertz CT molecular complexity index is 1240. The number of carbonyl (C=O) groups excluding carboxylic acids is 2. The molecule has 0 aliphatic heterocycles. The highest BCUT2D eigenvalue weighted by atomic mass is 32.2.